The molecule has 2 rings (SSSR count). The highest BCUT2D eigenvalue weighted by Crippen LogP contribution is 2.23. The average molecular weight is 472 g/mol. The Bertz CT molecular complexity index is 867. The Morgan fingerprint density at radius 1 is 0.690 bits per heavy atom. The third-order valence-electron chi connectivity index (χ3n) is 3.69. The molecule has 29 heavy (non-hydrogen) atoms. The quantitative estimate of drug-likeness (QED) is 0.386. The SMILES string of the molecule is O=C(/C=C/c1ccc(Cl)c(Cl)c1)NCCCNC(=O)/C=C/c1ccc(Cl)c(Cl)c1. The van der Waals surface area contributed by atoms with E-state index in [1.54, 1.807) is 48.6 Å². The van der Waals surface area contributed by atoms with Gasteiger partial charge in [-0.2, -0.15) is 0 Å². The third kappa shape index (κ3) is 8.50. The van der Waals surface area contributed by atoms with Crippen LogP contribution in [-0.4, -0.2) is 24.9 Å². The number of benzene rings is 2. The Hall–Kier alpha value is -1.98. The number of carbonyl (C=O) groups is 2. The summed E-state index contributed by atoms with van der Waals surface area (Å²) in [5, 5.41) is 7.26. The fraction of sp³-hybridized carbons (Fsp3) is 0.143. The molecule has 0 radical (unpaired) electrons. The first-order valence-electron chi connectivity index (χ1n) is 8.67. The summed E-state index contributed by atoms with van der Waals surface area (Å²) < 4.78 is 0. The van der Waals surface area contributed by atoms with Gasteiger partial charge >= 0.3 is 0 Å². The molecule has 0 fully saturated rings. The molecule has 0 unspecified atom stereocenters. The van der Waals surface area contributed by atoms with Crippen LogP contribution in [0.25, 0.3) is 12.2 Å². The summed E-state index contributed by atoms with van der Waals surface area (Å²) >= 11 is 23.5. The van der Waals surface area contributed by atoms with Crippen molar-refractivity contribution in [2.24, 2.45) is 0 Å². The van der Waals surface area contributed by atoms with Crippen LogP contribution in [-0.2, 0) is 9.59 Å². The van der Waals surface area contributed by atoms with E-state index in [-0.39, 0.29) is 11.8 Å². The molecule has 4 nitrogen and oxygen atoms in total. The number of hydrogen-bond donors (Lipinski definition) is 2. The first-order chi connectivity index (χ1) is 13.8. The normalized spacial score (nSPS) is 11.2. The number of carbonyl (C=O) groups excluding carboxylic acids is 2. The Morgan fingerprint density at radius 2 is 1.10 bits per heavy atom. The van der Waals surface area contributed by atoms with Crippen molar-refractivity contribution in [2.75, 3.05) is 13.1 Å². The van der Waals surface area contributed by atoms with E-state index in [2.05, 4.69) is 10.6 Å². The molecule has 2 N–H and O–H groups in total. The van der Waals surface area contributed by atoms with Gasteiger partial charge in [0.25, 0.3) is 0 Å². The van der Waals surface area contributed by atoms with Crippen LogP contribution in [0.3, 0.4) is 0 Å². The fourth-order valence-electron chi connectivity index (χ4n) is 2.21. The van der Waals surface area contributed by atoms with Crippen LogP contribution in [0.4, 0.5) is 0 Å². The van der Waals surface area contributed by atoms with Crippen LogP contribution in [0.15, 0.2) is 48.6 Å². The first-order valence-corrected chi connectivity index (χ1v) is 10.2. The summed E-state index contributed by atoms with van der Waals surface area (Å²) in [6.45, 7) is 0.864. The molecule has 2 amide bonds. The van der Waals surface area contributed by atoms with Crippen LogP contribution in [0.1, 0.15) is 17.5 Å². The standard InChI is InChI=1S/C21H18Cl4N2O2/c22-16-6-2-14(12-18(16)24)4-8-20(28)26-10-1-11-27-21(29)9-5-15-3-7-17(23)19(25)13-15/h2-9,12-13H,1,10-11H2,(H,26,28)(H,27,29)/b8-4+,9-5+. The zero-order valence-electron chi connectivity index (χ0n) is 15.2. The highest BCUT2D eigenvalue weighted by molar-refractivity contribution is 6.42. The minimum absolute atomic E-state index is 0.234. The number of nitrogens with one attached hydrogen (secondary N) is 2. The van der Waals surface area contributed by atoms with Crippen molar-refractivity contribution in [3.8, 4) is 0 Å². The smallest absolute Gasteiger partial charge is 0.244 e. The largest absolute Gasteiger partial charge is 0.352 e. The van der Waals surface area contributed by atoms with Crippen LogP contribution in [0, 0.1) is 0 Å². The summed E-state index contributed by atoms with van der Waals surface area (Å²) in [5.74, 6) is -0.469. The number of halogens is 4. The van der Waals surface area contributed by atoms with Gasteiger partial charge in [0.15, 0.2) is 0 Å². The highest BCUT2D eigenvalue weighted by Gasteiger charge is 2.00. The number of amides is 2. The van der Waals surface area contributed by atoms with Crippen molar-refractivity contribution < 1.29 is 9.59 Å². The Morgan fingerprint density at radius 3 is 1.48 bits per heavy atom. The second-order valence-electron chi connectivity index (χ2n) is 5.95. The van der Waals surface area contributed by atoms with Crippen LogP contribution < -0.4 is 10.6 Å². The predicted octanol–water partition coefficient (Wildman–Crippen LogP) is 5.65. The Balaban J connectivity index is 1.65. The van der Waals surface area contributed by atoms with E-state index in [1.165, 1.54) is 12.2 Å². The summed E-state index contributed by atoms with van der Waals surface area (Å²) in [6.07, 6.45) is 6.72. The topological polar surface area (TPSA) is 58.2 Å². The van der Waals surface area contributed by atoms with Crippen molar-refractivity contribution in [3.63, 3.8) is 0 Å². The van der Waals surface area contributed by atoms with Crippen molar-refractivity contribution >= 4 is 70.4 Å². The van der Waals surface area contributed by atoms with Crippen molar-refractivity contribution in [3.05, 3.63) is 79.8 Å². The maximum Gasteiger partial charge on any atom is 0.244 e. The molecule has 0 spiro atoms. The second kappa shape index (κ2) is 11.9. The molecule has 0 heterocycles. The third-order valence-corrected chi connectivity index (χ3v) is 5.17. The summed E-state index contributed by atoms with van der Waals surface area (Å²) in [4.78, 5) is 23.6. The van der Waals surface area contributed by atoms with Gasteiger partial charge in [0.05, 0.1) is 20.1 Å². The molecule has 152 valence electrons. The monoisotopic (exact) mass is 470 g/mol. The lowest BCUT2D eigenvalue weighted by Crippen LogP contribution is -2.28. The molecule has 0 atom stereocenters. The number of rotatable bonds is 8. The maximum atomic E-state index is 11.8. The molecule has 0 aliphatic carbocycles. The summed E-state index contributed by atoms with van der Waals surface area (Å²) in [6, 6.07) is 10.2. The van der Waals surface area contributed by atoms with E-state index < -0.39 is 0 Å². The van der Waals surface area contributed by atoms with Gasteiger partial charge < -0.3 is 10.6 Å². The average Bonchev–Trinajstić information content (AvgIpc) is 2.69. The molecule has 0 saturated heterocycles. The van der Waals surface area contributed by atoms with Gasteiger partial charge in [0, 0.05) is 25.2 Å². The fourth-order valence-corrected chi connectivity index (χ4v) is 2.82. The number of hydrogen-bond acceptors (Lipinski definition) is 2. The first kappa shape index (κ1) is 23.3. The Labute approximate surface area is 189 Å². The van der Waals surface area contributed by atoms with Gasteiger partial charge in [-0.1, -0.05) is 58.5 Å². The van der Waals surface area contributed by atoms with Crippen molar-refractivity contribution in [1.29, 1.82) is 0 Å². The summed E-state index contributed by atoms with van der Waals surface area (Å²) in [5.41, 5.74) is 1.55. The molecule has 0 aromatic heterocycles. The lowest BCUT2D eigenvalue weighted by molar-refractivity contribution is -0.116. The minimum Gasteiger partial charge on any atom is -0.352 e. The zero-order chi connectivity index (χ0) is 21.2. The van der Waals surface area contributed by atoms with Crippen LogP contribution in [0.5, 0.6) is 0 Å². The van der Waals surface area contributed by atoms with E-state index in [0.717, 1.165) is 11.1 Å². The van der Waals surface area contributed by atoms with E-state index in [0.29, 0.717) is 39.6 Å². The van der Waals surface area contributed by atoms with Gasteiger partial charge in [0.1, 0.15) is 0 Å². The highest BCUT2D eigenvalue weighted by atomic mass is 35.5. The molecular formula is C21H18Cl4N2O2. The molecular weight excluding hydrogens is 454 g/mol. The summed E-state index contributed by atoms with van der Waals surface area (Å²) in [7, 11) is 0. The predicted molar refractivity (Wildman–Crippen MR) is 122 cm³/mol. The van der Waals surface area contributed by atoms with Gasteiger partial charge in [-0.05, 0) is 54.0 Å². The van der Waals surface area contributed by atoms with Crippen LogP contribution >= 0.6 is 46.4 Å². The van der Waals surface area contributed by atoms with Crippen LogP contribution in [0.2, 0.25) is 20.1 Å². The van der Waals surface area contributed by atoms with Gasteiger partial charge in [-0.25, -0.2) is 0 Å². The molecule has 0 saturated carbocycles. The molecule has 8 heteroatoms. The maximum absolute atomic E-state index is 11.8. The van der Waals surface area contributed by atoms with E-state index >= 15 is 0 Å². The van der Waals surface area contributed by atoms with Gasteiger partial charge in [-0.15, -0.1) is 0 Å². The van der Waals surface area contributed by atoms with Gasteiger partial charge in [0.2, 0.25) is 11.8 Å². The molecule has 0 aliphatic heterocycles. The lowest BCUT2D eigenvalue weighted by atomic mass is 10.2. The van der Waals surface area contributed by atoms with Crippen molar-refractivity contribution in [2.45, 2.75) is 6.42 Å². The molecule has 2 aromatic carbocycles. The Kier molecular flexibility index (Phi) is 9.55. The molecule has 0 aliphatic rings. The zero-order valence-corrected chi connectivity index (χ0v) is 18.2. The lowest BCUT2D eigenvalue weighted by Gasteiger charge is -2.04. The van der Waals surface area contributed by atoms with E-state index in [9.17, 15) is 9.59 Å². The van der Waals surface area contributed by atoms with E-state index in [4.69, 9.17) is 46.4 Å². The van der Waals surface area contributed by atoms with Crippen molar-refractivity contribution in [1.82, 2.24) is 10.6 Å². The second-order valence-corrected chi connectivity index (χ2v) is 7.58. The van der Waals surface area contributed by atoms with E-state index in [1.807, 2.05) is 0 Å². The van der Waals surface area contributed by atoms with Gasteiger partial charge in [-0.3, -0.25) is 9.59 Å². The molecule has 0 bridgehead atoms. The minimum atomic E-state index is -0.234. The molecule has 2 aromatic rings.